The zero-order valence-corrected chi connectivity index (χ0v) is 10.9. The minimum absolute atomic E-state index is 0.00786. The molecule has 3 nitrogen and oxygen atoms in total. The van der Waals surface area contributed by atoms with Crippen molar-refractivity contribution in [3.8, 4) is 0 Å². The van der Waals surface area contributed by atoms with Crippen molar-refractivity contribution in [3.05, 3.63) is 30.3 Å². The van der Waals surface area contributed by atoms with Crippen molar-refractivity contribution in [2.75, 3.05) is 5.75 Å². The van der Waals surface area contributed by atoms with Crippen LogP contribution < -0.4 is 0 Å². The van der Waals surface area contributed by atoms with Crippen LogP contribution in [0.25, 0.3) is 0 Å². The number of carbonyl (C=O) groups excluding carboxylic acids is 1. The van der Waals surface area contributed by atoms with Gasteiger partial charge in [0.15, 0.2) is 9.84 Å². The van der Waals surface area contributed by atoms with Crippen molar-refractivity contribution in [1.82, 2.24) is 0 Å². The lowest BCUT2D eigenvalue weighted by Crippen LogP contribution is -2.26. The second-order valence-corrected chi connectivity index (χ2v) is 7.50. The minimum atomic E-state index is -3.24. The Kier molecular flexibility index (Phi) is 2.77. The highest BCUT2D eigenvalue weighted by atomic mass is 32.2. The maximum atomic E-state index is 12.3. The van der Waals surface area contributed by atoms with Gasteiger partial charge in [0.2, 0.25) is 0 Å². The molecule has 2 aliphatic carbocycles. The van der Waals surface area contributed by atoms with Crippen molar-refractivity contribution >= 4 is 15.6 Å². The molecule has 0 spiro atoms. The number of carbonyl (C=O) groups is 1. The molecular weight excluding hydrogens is 248 g/mol. The van der Waals surface area contributed by atoms with Gasteiger partial charge >= 0.3 is 0 Å². The third-order valence-corrected chi connectivity index (χ3v) is 6.09. The van der Waals surface area contributed by atoms with Gasteiger partial charge in [-0.2, -0.15) is 0 Å². The molecule has 1 aromatic rings. The van der Waals surface area contributed by atoms with Gasteiger partial charge in [0.1, 0.15) is 5.78 Å². The number of hydrogen-bond donors (Lipinski definition) is 0. The van der Waals surface area contributed by atoms with Gasteiger partial charge in [-0.1, -0.05) is 18.2 Å². The first-order valence-corrected chi connectivity index (χ1v) is 8.02. The smallest absolute Gasteiger partial charge is 0.178 e. The average Bonchev–Trinajstić information content (AvgIpc) is 2.88. The number of ketones is 1. The summed E-state index contributed by atoms with van der Waals surface area (Å²) >= 11 is 0. The summed E-state index contributed by atoms with van der Waals surface area (Å²) in [7, 11) is -3.24. The molecule has 0 amide bonds. The Morgan fingerprint density at radius 1 is 1.11 bits per heavy atom. The normalized spacial score (nSPS) is 30.9. The predicted octanol–water partition coefficient (Wildman–Crippen LogP) is 2.08. The Morgan fingerprint density at radius 2 is 1.83 bits per heavy atom. The maximum absolute atomic E-state index is 12.3. The fraction of sp³-hybridized carbons (Fsp3) is 0.500. The van der Waals surface area contributed by atoms with E-state index in [1.807, 2.05) is 0 Å². The second-order valence-electron chi connectivity index (χ2n) is 5.47. The van der Waals surface area contributed by atoms with E-state index < -0.39 is 9.84 Å². The standard InChI is InChI=1S/C14H16O3S/c15-14-8-10-6-11(13(14)7-10)9-18(16,17)12-4-2-1-3-5-12/h1-5,10-11,13H,6-9H2/t10-,11-,13-/m1/s1. The number of benzene rings is 1. The summed E-state index contributed by atoms with van der Waals surface area (Å²) in [6, 6.07) is 8.53. The number of hydrogen-bond acceptors (Lipinski definition) is 3. The van der Waals surface area contributed by atoms with E-state index >= 15 is 0 Å². The summed E-state index contributed by atoms with van der Waals surface area (Å²) in [5.41, 5.74) is 0. The van der Waals surface area contributed by atoms with Crippen molar-refractivity contribution in [1.29, 1.82) is 0 Å². The van der Waals surface area contributed by atoms with Gasteiger partial charge in [-0.25, -0.2) is 8.42 Å². The molecule has 96 valence electrons. The van der Waals surface area contributed by atoms with Crippen LogP contribution in [0.1, 0.15) is 19.3 Å². The van der Waals surface area contributed by atoms with Crippen LogP contribution in [-0.2, 0) is 14.6 Å². The van der Waals surface area contributed by atoms with Gasteiger partial charge in [-0.15, -0.1) is 0 Å². The molecule has 0 radical (unpaired) electrons. The molecule has 0 saturated heterocycles. The Bertz CT molecular complexity index is 562. The Hall–Kier alpha value is -1.16. The van der Waals surface area contributed by atoms with Crippen LogP contribution in [-0.4, -0.2) is 20.0 Å². The van der Waals surface area contributed by atoms with Gasteiger partial charge in [0.05, 0.1) is 10.6 Å². The van der Waals surface area contributed by atoms with Crippen molar-refractivity contribution in [3.63, 3.8) is 0 Å². The van der Waals surface area contributed by atoms with E-state index in [-0.39, 0.29) is 23.4 Å². The molecule has 18 heavy (non-hydrogen) atoms. The first kappa shape index (κ1) is 11.9. The van der Waals surface area contributed by atoms with Crippen LogP contribution >= 0.6 is 0 Å². The SMILES string of the molecule is O=C1C[C@@H]2C[C@H](CS(=O)(=O)c3ccccc3)[C@H]1C2. The van der Waals surface area contributed by atoms with E-state index in [1.165, 1.54) is 0 Å². The second kappa shape index (κ2) is 4.19. The Labute approximate surface area is 107 Å². The number of fused-ring (bicyclic) bond motifs is 2. The Morgan fingerprint density at radius 3 is 2.44 bits per heavy atom. The van der Waals surface area contributed by atoms with Gasteiger partial charge < -0.3 is 0 Å². The van der Waals surface area contributed by atoms with Crippen molar-refractivity contribution in [2.24, 2.45) is 17.8 Å². The highest BCUT2D eigenvalue weighted by Crippen LogP contribution is 2.46. The largest absolute Gasteiger partial charge is 0.299 e. The molecule has 4 heteroatoms. The van der Waals surface area contributed by atoms with E-state index in [0.29, 0.717) is 17.2 Å². The Balaban J connectivity index is 1.80. The summed E-state index contributed by atoms with van der Waals surface area (Å²) in [5, 5.41) is 0. The lowest BCUT2D eigenvalue weighted by atomic mass is 9.89. The topological polar surface area (TPSA) is 51.2 Å². The van der Waals surface area contributed by atoms with Gasteiger partial charge in [0.25, 0.3) is 0 Å². The number of Topliss-reactive ketones (excluding diaryl/α,β-unsaturated/α-hetero) is 1. The van der Waals surface area contributed by atoms with E-state index in [0.717, 1.165) is 12.8 Å². The first-order valence-electron chi connectivity index (χ1n) is 6.37. The van der Waals surface area contributed by atoms with Crippen LogP contribution in [0.5, 0.6) is 0 Å². The summed E-state index contributed by atoms with van der Waals surface area (Å²) in [6.45, 7) is 0. The molecule has 0 aromatic heterocycles. The fourth-order valence-electron chi connectivity index (χ4n) is 3.43. The molecule has 1 aromatic carbocycles. The molecule has 3 atom stereocenters. The molecular formula is C14H16O3S. The maximum Gasteiger partial charge on any atom is 0.178 e. The number of rotatable bonds is 3. The monoisotopic (exact) mass is 264 g/mol. The van der Waals surface area contributed by atoms with Crippen LogP contribution in [0.4, 0.5) is 0 Å². The van der Waals surface area contributed by atoms with Gasteiger partial charge in [-0.05, 0) is 36.8 Å². The molecule has 2 fully saturated rings. The van der Waals surface area contributed by atoms with E-state index in [9.17, 15) is 13.2 Å². The zero-order chi connectivity index (χ0) is 12.8. The van der Waals surface area contributed by atoms with E-state index in [2.05, 4.69) is 0 Å². The van der Waals surface area contributed by atoms with Crippen LogP contribution in [0.2, 0.25) is 0 Å². The third-order valence-electron chi connectivity index (χ3n) is 4.23. The lowest BCUT2D eigenvalue weighted by molar-refractivity contribution is -0.122. The predicted molar refractivity (Wildman–Crippen MR) is 67.8 cm³/mol. The summed E-state index contributed by atoms with van der Waals surface area (Å²) in [4.78, 5) is 12.0. The molecule has 2 bridgehead atoms. The number of sulfone groups is 1. The zero-order valence-electron chi connectivity index (χ0n) is 10.1. The summed E-state index contributed by atoms with van der Waals surface area (Å²) in [5.74, 6) is 0.900. The fourth-order valence-corrected chi connectivity index (χ4v) is 5.12. The summed E-state index contributed by atoms with van der Waals surface area (Å²) in [6.07, 6.45) is 2.49. The highest BCUT2D eigenvalue weighted by Gasteiger charge is 2.46. The molecule has 0 aliphatic heterocycles. The van der Waals surface area contributed by atoms with E-state index in [1.54, 1.807) is 30.3 Å². The quantitative estimate of drug-likeness (QED) is 0.840. The molecule has 0 unspecified atom stereocenters. The highest BCUT2D eigenvalue weighted by molar-refractivity contribution is 7.91. The van der Waals surface area contributed by atoms with Crippen LogP contribution in [0.15, 0.2) is 35.2 Å². The molecule has 2 aliphatic rings. The van der Waals surface area contributed by atoms with Gasteiger partial charge in [0, 0.05) is 12.3 Å². The van der Waals surface area contributed by atoms with Crippen molar-refractivity contribution in [2.45, 2.75) is 24.2 Å². The van der Waals surface area contributed by atoms with Gasteiger partial charge in [-0.3, -0.25) is 4.79 Å². The van der Waals surface area contributed by atoms with Crippen LogP contribution in [0.3, 0.4) is 0 Å². The summed E-state index contributed by atoms with van der Waals surface area (Å²) < 4.78 is 24.5. The molecule has 2 saturated carbocycles. The van der Waals surface area contributed by atoms with Crippen LogP contribution in [0, 0.1) is 17.8 Å². The third kappa shape index (κ3) is 1.99. The minimum Gasteiger partial charge on any atom is -0.299 e. The lowest BCUT2D eigenvalue weighted by Gasteiger charge is -2.20. The van der Waals surface area contributed by atoms with E-state index in [4.69, 9.17) is 0 Å². The van der Waals surface area contributed by atoms with Crippen molar-refractivity contribution < 1.29 is 13.2 Å². The average molecular weight is 264 g/mol. The molecule has 0 heterocycles. The molecule has 0 N–H and O–H groups in total. The first-order chi connectivity index (χ1) is 8.56. The molecule has 3 rings (SSSR count).